The lowest BCUT2D eigenvalue weighted by Gasteiger charge is -2.32. The molecule has 0 fully saturated rings. The zero-order valence-electron chi connectivity index (χ0n) is 39.2. The lowest BCUT2D eigenvalue weighted by molar-refractivity contribution is 0.571. The summed E-state index contributed by atoms with van der Waals surface area (Å²) in [6, 6.07) is 78.3. The number of para-hydroxylation sites is 1. The summed E-state index contributed by atoms with van der Waals surface area (Å²) < 4.78 is 9.10. The lowest BCUT2D eigenvalue weighted by atomic mass is 9.70. The zero-order chi connectivity index (χ0) is 46.5. The van der Waals surface area contributed by atoms with Crippen molar-refractivity contribution >= 4 is 92.7 Å². The Morgan fingerprint density at radius 2 is 1.23 bits per heavy atom. The topological polar surface area (TPSA) is 16.4 Å². The van der Waals surface area contributed by atoms with E-state index < -0.39 is 5.41 Å². The molecule has 2 heterocycles. The fourth-order valence-corrected chi connectivity index (χ4v) is 13.7. The molecule has 3 heteroatoms. The van der Waals surface area contributed by atoms with Crippen molar-refractivity contribution in [3.63, 3.8) is 0 Å². The molecule has 0 unspecified atom stereocenters. The maximum Gasteiger partial charge on any atom is 0.135 e. The van der Waals surface area contributed by atoms with Gasteiger partial charge in [-0.2, -0.15) is 0 Å². The average molecular weight is 912 g/mol. The molecule has 12 aromatic rings. The van der Waals surface area contributed by atoms with Crippen molar-refractivity contribution in [2.24, 2.45) is 0 Å². The van der Waals surface area contributed by atoms with E-state index in [-0.39, 0.29) is 5.41 Å². The van der Waals surface area contributed by atoms with Gasteiger partial charge in [0.1, 0.15) is 11.0 Å². The highest BCUT2D eigenvalue weighted by molar-refractivity contribution is 7.25. The number of furan rings is 1. The van der Waals surface area contributed by atoms with Crippen molar-refractivity contribution < 1.29 is 4.42 Å². The lowest BCUT2D eigenvalue weighted by Crippen LogP contribution is -2.27. The van der Waals surface area contributed by atoms with Gasteiger partial charge in [0.25, 0.3) is 0 Å². The van der Waals surface area contributed by atoms with Crippen molar-refractivity contribution in [3.8, 4) is 22.3 Å². The fourth-order valence-electron chi connectivity index (χ4n) is 12.6. The van der Waals surface area contributed by atoms with Crippen LogP contribution in [0.3, 0.4) is 0 Å². The van der Waals surface area contributed by atoms with Crippen LogP contribution in [-0.2, 0) is 10.8 Å². The van der Waals surface area contributed by atoms with Gasteiger partial charge in [0, 0.05) is 36.6 Å². The molecule has 3 aliphatic rings. The molecule has 0 aliphatic heterocycles. The predicted octanol–water partition coefficient (Wildman–Crippen LogP) is 16.6. The second-order valence-corrected chi connectivity index (χ2v) is 21.6. The monoisotopic (exact) mass is 911 g/mol. The highest BCUT2D eigenvalue weighted by atomic mass is 32.1. The van der Waals surface area contributed by atoms with Crippen molar-refractivity contribution in [2.75, 3.05) is 4.90 Å². The molecular weight excluding hydrogens is 867 g/mol. The van der Waals surface area contributed by atoms with Gasteiger partial charge >= 0.3 is 0 Å². The Labute approximate surface area is 410 Å². The summed E-state index contributed by atoms with van der Waals surface area (Å²) in [5.74, 6) is 0. The molecule has 0 saturated carbocycles. The van der Waals surface area contributed by atoms with E-state index in [4.69, 9.17) is 4.42 Å². The van der Waals surface area contributed by atoms with E-state index in [2.05, 4.69) is 232 Å². The van der Waals surface area contributed by atoms with E-state index >= 15 is 0 Å². The summed E-state index contributed by atoms with van der Waals surface area (Å²) in [5, 5.41) is 9.62. The quantitative estimate of drug-likeness (QED) is 0.175. The van der Waals surface area contributed by atoms with Crippen LogP contribution in [0.4, 0.5) is 17.1 Å². The molecule has 0 saturated heterocycles. The summed E-state index contributed by atoms with van der Waals surface area (Å²) in [6.07, 6.45) is 4.06. The van der Waals surface area contributed by atoms with Crippen LogP contribution in [-0.4, -0.2) is 0 Å². The third kappa shape index (κ3) is 5.46. The molecule has 10 aromatic carbocycles. The van der Waals surface area contributed by atoms with E-state index in [1.807, 2.05) is 11.3 Å². The van der Waals surface area contributed by atoms with Crippen LogP contribution in [0.2, 0.25) is 0 Å². The molecule has 3 aliphatic carbocycles. The van der Waals surface area contributed by atoms with Gasteiger partial charge in [-0.15, -0.1) is 11.3 Å². The van der Waals surface area contributed by atoms with Crippen molar-refractivity contribution in [3.05, 3.63) is 244 Å². The minimum Gasteiger partial charge on any atom is -0.456 e. The van der Waals surface area contributed by atoms with Gasteiger partial charge in [-0.05, 0) is 162 Å². The van der Waals surface area contributed by atoms with Gasteiger partial charge in [0.2, 0.25) is 0 Å². The Morgan fingerprint density at radius 3 is 2.03 bits per heavy atom. The predicted molar refractivity (Wildman–Crippen MR) is 293 cm³/mol. The Kier molecular flexibility index (Phi) is 8.21. The van der Waals surface area contributed by atoms with Crippen LogP contribution < -0.4 is 15.5 Å². The average Bonchev–Trinajstić information content (AvgIpc) is 4.12. The second kappa shape index (κ2) is 14.4. The van der Waals surface area contributed by atoms with Crippen molar-refractivity contribution in [1.29, 1.82) is 0 Å². The maximum atomic E-state index is 6.64. The summed E-state index contributed by atoms with van der Waals surface area (Å²) in [4.78, 5) is 2.48. The number of hydrogen-bond donors (Lipinski definition) is 0. The molecule has 0 bridgehead atoms. The maximum absolute atomic E-state index is 6.64. The van der Waals surface area contributed by atoms with E-state index in [1.54, 1.807) is 0 Å². The summed E-state index contributed by atoms with van der Waals surface area (Å²) in [5.41, 5.74) is 18.9. The molecular formula is C67H45NOS. The molecule has 2 aromatic heterocycles. The third-order valence-electron chi connectivity index (χ3n) is 15.7. The first kappa shape index (κ1) is 39.8. The van der Waals surface area contributed by atoms with Gasteiger partial charge < -0.3 is 9.32 Å². The zero-order valence-corrected chi connectivity index (χ0v) is 40.0. The highest BCUT2D eigenvalue weighted by Crippen LogP contribution is 2.64. The second-order valence-electron chi connectivity index (χ2n) is 20.5. The van der Waals surface area contributed by atoms with E-state index in [9.17, 15) is 0 Å². The van der Waals surface area contributed by atoms with Gasteiger partial charge in [-0.25, -0.2) is 0 Å². The fraction of sp³-hybridized carbons (Fsp3) is 0.104. The van der Waals surface area contributed by atoms with Crippen LogP contribution in [0.25, 0.3) is 86.6 Å². The number of fused-ring (bicyclic) bond motifs is 18. The van der Waals surface area contributed by atoms with Gasteiger partial charge in [0.15, 0.2) is 0 Å². The Morgan fingerprint density at radius 1 is 0.543 bits per heavy atom. The number of anilines is 3. The first-order chi connectivity index (χ1) is 34.3. The number of benzene rings is 9. The molecule has 0 amide bonds. The Bertz CT molecular complexity index is 4320. The smallest absolute Gasteiger partial charge is 0.135 e. The van der Waals surface area contributed by atoms with E-state index in [0.29, 0.717) is 0 Å². The van der Waals surface area contributed by atoms with Gasteiger partial charge in [-0.3, -0.25) is 0 Å². The normalized spacial score (nSPS) is 14.2. The number of thiophene rings is 1. The number of hydrogen-bond acceptors (Lipinski definition) is 3. The Hall–Kier alpha value is -8.16. The molecule has 2 nitrogen and oxygen atoms in total. The number of rotatable bonds is 4. The summed E-state index contributed by atoms with van der Waals surface area (Å²) >= 11 is 1.84. The van der Waals surface area contributed by atoms with Gasteiger partial charge in [-0.1, -0.05) is 160 Å². The van der Waals surface area contributed by atoms with Crippen molar-refractivity contribution in [1.82, 2.24) is 0 Å². The van der Waals surface area contributed by atoms with E-state index in [1.165, 1.54) is 103 Å². The molecule has 0 radical (unpaired) electrons. The van der Waals surface area contributed by atoms with Gasteiger partial charge in [0.05, 0.1) is 22.2 Å². The number of nitrogens with zero attached hydrogens (tertiary/aromatic N) is 1. The SMILES string of the molecule is CC(C)(C)c1ccc2sc3cc(N(c4ccc5c(c4)-c4cc6ccccc6cc4C54c5ccccc5-c5ccccc54)c4ccc5ccccc5c4C4=c5c(oc6ccccc56)=CCC4)c#cc3c2c1. The molecule has 0 atom stereocenters. The first-order valence-electron chi connectivity index (χ1n) is 24.5. The van der Waals surface area contributed by atoms with Crippen molar-refractivity contribution in [2.45, 2.75) is 44.4 Å². The largest absolute Gasteiger partial charge is 0.456 e. The minimum atomic E-state index is -0.478. The van der Waals surface area contributed by atoms with Crippen LogP contribution in [0.1, 0.15) is 67.0 Å². The summed E-state index contributed by atoms with van der Waals surface area (Å²) in [6.45, 7) is 6.87. The highest BCUT2D eigenvalue weighted by Gasteiger charge is 2.52. The van der Waals surface area contributed by atoms with E-state index in [0.717, 1.165) is 51.7 Å². The summed E-state index contributed by atoms with van der Waals surface area (Å²) in [7, 11) is 0. The minimum absolute atomic E-state index is 0.0316. The molecule has 330 valence electrons. The Balaban J connectivity index is 1.05. The molecule has 70 heavy (non-hydrogen) atoms. The van der Waals surface area contributed by atoms with Crippen LogP contribution in [0.5, 0.6) is 0 Å². The van der Waals surface area contributed by atoms with Crippen LogP contribution in [0, 0.1) is 12.1 Å². The third-order valence-corrected chi connectivity index (χ3v) is 16.8. The molecule has 1 spiro atoms. The first-order valence-corrected chi connectivity index (χ1v) is 25.4. The standard InChI is InChI=1S/C67H45NOS/c1-66(2,3)43-28-34-62-54(37-43)49-31-29-45(39-63(49)70-62)68(59-33-27-40-15-6-7-18-46(40)64(59)51-22-14-26-61-65(51)50-21-10-13-25-60(50)69-61)44-30-32-57-53(38-44)52-35-41-16-4-5-17-42(41)36-58(52)67(57)55-23-11-8-19-47(55)48-20-9-12-24-56(48)67/h4-13,15-21,23-28,30,32-39H,14,22H2,1-3H3. The van der Waals surface area contributed by atoms with Crippen LogP contribution >= 0.6 is 11.3 Å². The molecule has 15 rings (SSSR count). The molecule has 0 N–H and O–H groups in total. The van der Waals surface area contributed by atoms with Crippen LogP contribution in [0.15, 0.2) is 192 Å².